The molecule has 1 aromatic heterocycles. The van der Waals surface area contributed by atoms with E-state index >= 15 is 0 Å². The molecule has 2 aromatic rings. The summed E-state index contributed by atoms with van der Waals surface area (Å²) in [7, 11) is 0. The first-order valence-electron chi connectivity index (χ1n) is 5.85. The van der Waals surface area contributed by atoms with Gasteiger partial charge in [0.15, 0.2) is 5.69 Å². The highest BCUT2D eigenvalue weighted by molar-refractivity contribution is 14.1. The van der Waals surface area contributed by atoms with Gasteiger partial charge in [0, 0.05) is 28.4 Å². The molecule has 0 saturated heterocycles. The van der Waals surface area contributed by atoms with Crippen LogP contribution in [-0.2, 0) is 6.54 Å². The topological polar surface area (TPSA) is 84.2 Å². The van der Waals surface area contributed by atoms with Crippen LogP contribution in [0.5, 0.6) is 0 Å². The highest BCUT2D eigenvalue weighted by atomic mass is 127. The number of benzene rings is 1. The van der Waals surface area contributed by atoms with Gasteiger partial charge in [-0.05, 0) is 40.8 Å². The lowest BCUT2D eigenvalue weighted by atomic mass is 10.2. The van der Waals surface area contributed by atoms with E-state index in [1.54, 1.807) is 16.7 Å². The lowest BCUT2D eigenvalue weighted by Crippen LogP contribution is -2.27. The van der Waals surface area contributed by atoms with Gasteiger partial charge in [-0.15, -0.1) is 0 Å². The monoisotopic (exact) mass is 385 g/mol. The molecule has 0 radical (unpaired) electrons. The molecule has 1 amide bonds. The molecule has 0 unspecified atom stereocenters. The smallest absolute Gasteiger partial charge is 0.356 e. The van der Waals surface area contributed by atoms with Crippen molar-refractivity contribution in [3.63, 3.8) is 0 Å². The number of rotatable bonds is 5. The second-order valence-electron chi connectivity index (χ2n) is 4.07. The highest BCUT2D eigenvalue weighted by Gasteiger charge is 2.07. The Balaban J connectivity index is 1.86. The summed E-state index contributed by atoms with van der Waals surface area (Å²) in [4.78, 5) is 26.3. The lowest BCUT2D eigenvalue weighted by Gasteiger charge is -2.06. The molecule has 1 heterocycles. The molecule has 104 valence electrons. The van der Waals surface area contributed by atoms with Gasteiger partial charge in [0.05, 0.1) is 6.33 Å². The number of aromatic nitrogens is 2. The Hall–Kier alpha value is -1.90. The van der Waals surface area contributed by atoms with Crippen molar-refractivity contribution in [3.8, 4) is 0 Å². The van der Waals surface area contributed by atoms with Gasteiger partial charge in [0.25, 0.3) is 5.91 Å². The van der Waals surface area contributed by atoms with Crippen molar-refractivity contribution in [1.82, 2.24) is 14.9 Å². The van der Waals surface area contributed by atoms with Crippen LogP contribution in [0.25, 0.3) is 0 Å². The van der Waals surface area contributed by atoms with Crippen molar-refractivity contribution in [3.05, 3.63) is 51.6 Å². The number of nitrogens with zero attached hydrogens (tertiary/aromatic N) is 2. The molecule has 0 fully saturated rings. The van der Waals surface area contributed by atoms with Crippen molar-refractivity contribution >= 4 is 34.5 Å². The summed E-state index contributed by atoms with van der Waals surface area (Å²) in [5.74, 6) is -1.21. The molecule has 0 bridgehead atoms. The van der Waals surface area contributed by atoms with Crippen molar-refractivity contribution in [2.45, 2.75) is 6.54 Å². The van der Waals surface area contributed by atoms with Crippen molar-refractivity contribution in [2.24, 2.45) is 0 Å². The number of nitrogens with one attached hydrogen (secondary N) is 1. The second-order valence-corrected chi connectivity index (χ2v) is 5.31. The predicted octanol–water partition coefficient (Wildman–Crippen LogP) is 1.62. The van der Waals surface area contributed by atoms with Gasteiger partial charge in [-0.25, -0.2) is 9.78 Å². The number of hydrogen-bond donors (Lipinski definition) is 2. The van der Waals surface area contributed by atoms with Gasteiger partial charge in [0.2, 0.25) is 0 Å². The Labute approximate surface area is 129 Å². The van der Waals surface area contributed by atoms with E-state index in [4.69, 9.17) is 5.11 Å². The molecule has 0 spiro atoms. The van der Waals surface area contributed by atoms with Crippen LogP contribution < -0.4 is 5.32 Å². The lowest BCUT2D eigenvalue weighted by molar-refractivity contribution is 0.0690. The molecule has 0 aliphatic carbocycles. The Bertz CT molecular complexity index is 639. The largest absolute Gasteiger partial charge is 0.476 e. The number of carboxylic acids is 1. The minimum atomic E-state index is -1.06. The van der Waals surface area contributed by atoms with E-state index in [9.17, 15) is 9.59 Å². The number of carbonyl (C=O) groups excluding carboxylic acids is 1. The summed E-state index contributed by atoms with van der Waals surface area (Å²) in [6.45, 7) is 0.871. The standard InChI is InChI=1S/C13H12IN3O3/c14-10-3-1-2-9(6-10)12(18)15-4-5-17-7-11(13(19)20)16-8-17/h1-3,6-8H,4-5H2,(H,15,18)(H,19,20). The van der Waals surface area contributed by atoms with E-state index in [0.29, 0.717) is 18.7 Å². The van der Waals surface area contributed by atoms with E-state index in [2.05, 4.69) is 32.9 Å². The van der Waals surface area contributed by atoms with Crippen LogP contribution in [0.15, 0.2) is 36.8 Å². The third-order valence-electron chi connectivity index (χ3n) is 2.59. The first-order chi connectivity index (χ1) is 9.56. The van der Waals surface area contributed by atoms with Gasteiger partial charge in [-0.3, -0.25) is 4.79 Å². The first-order valence-corrected chi connectivity index (χ1v) is 6.93. The maximum atomic E-state index is 11.9. The quantitative estimate of drug-likeness (QED) is 0.767. The van der Waals surface area contributed by atoms with Gasteiger partial charge < -0.3 is 15.0 Å². The zero-order valence-corrected chi connectivity index (χ0v) is 12.6. The molecule has 0 saturated carbocycles. The third-order valence-corrected chi connectivity index (χ3v) is 3.27. The van der Waals surface area contributed by atoms with Crippen LogP contribution in [0.2, 0.25) is 0 Å². The van der Waals surface area contributed by atoms with E-state index in [-0.39, 0.29) is 11.6 Å². The molecule has 7 heteroatoms. The van der Waals surface area contributed by atoms with E-state index in [0.717, 1.165) is 3.57 Å². The molecular formula is C13H12IN3O3. The normalized spacial score (nSPS) is 10.2. The fourth-order valence-electron chi connectivity index (χ4n) is 1.62. The van der Waals surface area contributed by atoms with Gasteiger partial charge in [-0.1, -0.05) is 6.07 Å². The molecule has 0 aliphatic heterocycles. The predicted molar refractivity (Wildman–Crippen MR) is 80.7 cm³/mol. The number of amides is 1. The summed E-state index contributed by atoms with van der Waals surface area (Å²) in [5.41, 5.74) is 0.600. The number of aromatic carboxylic acids is 1. The molecule has 2 rings (SSSR count). The maximum Gasteiger partial charge on any atom is 0.356 e. The number of halogens is 1. The minimum absolute atomic E-state index is 0.00561. The summed E-state index contributed by atoms with van der Waals surface area (Å²) < 4.78 is 2.62. The van der Waals surface area contributed by atoms with Crippen LogP contribution in [0.4, 0.5) is 0 Å². The van der Waals surface area contributed by atoms with E-state index in [1.165, 1.54) is 12.5 Å². The fourth-order valence-corrected chi connectivity index (χ4v) is 2.17. The first kappa shape index (κ1) is 14.5. The minimum Gasteiger partial charge on any atom is -0.476 e. The van der Waals surface area contributed by atoms with Crippen LogP contribution in [0.3, 0.4) is 0 Å². The number of carbonyl (C=O) groups is 2. The van der Waals surface area contributed by atoms with Gasteiger partial charge in [-0.2, -0.15) is 0 Å². The average molecular weight is 385 g/mol. The molecule has 0 aliphatic rings. The number of hydrogen-bond acceptors (Lipinski definition) is 3. The van der Waals surface area contributed by atoms with E-state index < -0.39 is 5.97 Å². The highest BCUT2D eigenvalue weighted by Crippen LogP contribution is 2.07. The SMILES string of the molecule is O=C(NCCn1cnc(C(=O)O)c1)c1cccc(I)c1. The van der Waals surface area contributed by atoms with Crippen molar-refractivity contribution < 1.29 is 14.7 Å². The zero-order chi connectivity index (χ0) is 14.5. The Morgan fingerprint density at radius 2 is 2.20 bits per heavy atom. The van der Waals surface area contributed by atoms with Crippen molar-refractivity contribution in [1.29, 1.82) is 0 Å². The van der Waals surface area contributed by atoms with Crippen LogP contribution >= 0.6 is 22.6 Å². The van der Waals surface area contributed by atoms with Crippen LogP contribution in [0.1, 0.15) is 20.8 Å². The molecule has 6 nitrogen and oxygen atoms in total. The average Bonchev–Trinajstić information content (AvgIpc) is 2.87. The summed E-state index contributed by atoms with van der Waals surface area (Å²) in [6, 6.07) is 7.29. The third kappa shape index (κ3) is 3.80. The summed E-state index contributed by atoms with van der Waals surface area (Å²) >= 11 is 2.15. The summed E-state index contributed by atoms with van der Waals surface area (Å²) in [5, 5.41) is 11.5. The van der Waals surface area contributed by atoms with Gasteiger partial charge >= 0.3 is 5.97 Å². The van der Waals surface area contributed by atoms with Gasteiger partial charge in [0.1, 0.15) is 0 Å². The Morgan fingerprint density at radius 1 is 1.40 bits per heavy atom. The Kier molecular flexibility index (Phi) is 4.72. The van der Waals surface area contributed by atoms with Crippen LogP contribution in [-0.4, -0.2) is 33.1 Å². The summed E-state index contributed by atoms with van der Waals surface area (Å²) in [6.07, 6.45) is 2.86. The molecule has 1 aromatic carbocycles. The molecule has 0 atom stereocenters. The second kappa shape index (κ2) is 6.51. The number of imidazole rings is 1. The molecule has 2 N–H and O–H groups in total. The maximum absolute atomic E-state index is 11.9. The van der Waals surface area contributed by atoms with Crippen molar-refractivity contribution in [2.75, 3.05) is 6.54 Å². The van der Waals surface area contributed by atoms with E-state index in [1.807, 2.05) is 12.1 Å². The fraction of sp³-hybridized carbons (Fsp3) is 0.154. The molecule has 20 heavy (non-hydrogen) atoms. The van der Waals surface area contributed by atoms with Crippen LogP contribution in [0, 0.1) is 3.57 Å². The Morgan fingerprint density at radius 3 is 2.85 bits per heavy atom. The zero-order valence-electron chi connectivity index (χ0n) is 10.4. The number of carboxylic acid groups (broad SMARTS) is 1. The molecular weight excluding hydrogens is 373 g/mol.